The Kier molecular flexibility index (Phi) is 5.41. The molecule has 5 nitrogen and oxygen atoms in total. The van der Waals surface area contributed by atoms with Crippen LogP contribution in [0.25, 0.3) is 0 Å². The van der Waals surface area contributed by atoms with Crippen LogP contribution in [-0.2, 0) is 4.79 Å². The number of benzene rings is 1. The summed E-state index contributed by atoms with van der Waals surface area (Å²) < 4.78 is 0. The van der Waals surface area contributed by atoms with E-state index < -0.39 is 0 Å². The molecule has 0 spiro atoms. The number of thiocarbonyl (C=S) groups is 1. The monoisotopic (exact) mass is 399 g/mol. The van der Waals surface area contributed by atoms with Gasteiger partial charge in [0.1, 0.15) is 0 Å². The molecule has 6 heteroatoms. The summed E-state index contributed by atoms with van der Waals surface area (Å²) >= 11 is 5.15. The van der Waals surface area contributed by atoms with Gasteiger partial charge in [-0.1, -0.05) is 18.2 Å². The van der Waals surface area contributed by atoms with E-state index in [2.05, 4.69) is 22.9 Å². The highest BCUT2D eigenvalue weighted by atomic mass is 32.1. The molecule has 4 bridgehead atoms. The summed E-state index contributed by atoms with van der Waals surface area (Å²) in [7, 11) is 0. The SMILES string of the molecule is C[C@@H](NC(=O)CNC(=S)NC(=O)c1ccccc1)C12CC3CC(CC(C3)C1)C2. The van der Waals surface area contributed by atoms with Crippen LogP contribution < -0.4 is 16.0 Å². The Bertz CT molecular complexity index is 729. The van der Waals surface area contributed by atoms with Crippen LogP contribution in [0.5, 0.6) is 0 Å². The van der Waals surface area contributed by atoms with Gasteiger partial charge in [0, 0.05) is 11.6 Å². The third kappa shape index (κ3) is 4.07. The largest absolute Gasteiger partial charge is 0.353 e. The minimum atomic E-state index is -0.277. The fraction of sp³-hybridized carbons (Fsp3) is 0.591. The lowest BCUT2D eigenvalue weighted by atomic mass is 9.48. The molecule has 5 rings (SSSR count). The second-order valence-electron chi connectivity index (χ2n) is 9.07. The van der Waals surface area contributed by atoms with Crippen LogP contribution in [0, 0.1) is 23.2 Å². The number of rotatable bonds is 5. The van der Waals surface area contributed by atoms with Crippen LogP contribution in [0.3, 0.4) is 0 Å². The quantitative estimate of drug-likeness (QED) is 0.666. The molecule has 28 heavy (non-hydrogen) atoms. The van der Waals surface area contributed by atoms with E-state index in [9.17, 15) is 9.59 Å². The zero-order valence-corrected chi connectivity index (χ0v) is 17.2. The number of amides is 2. The molecule has 0 saturated heterocycles. The third-order valence-electron chi connectivity index (χ3n) is 7.05. The van der Waals surface area contributed by atoms with Crippen molar-refractivity contribution in [2.24, 2.45) is 23.2 Å². The van der Waals surface area contributed by atoms with Gasteiger partial charge in [-0.25, -0.2) is 0 Å². The van der Waals surface area contributed by atoms with Crippen LogP contribution >= 0.6 is 12.2 Å². The minimum Gasteiger partial charge on any atom is -0.353 e. The van der Waals surface area contributed by atoms with Crippen molar-refractivity contribution in [2.45, 2.75) is 51.5 Å². The van der Waals surface area contributed by atoms with Gasteiger partial charge in [-0.3, -0.25) is 14.9 Å². The topological polar surface area (TPSA) is 70.2 Å². The second kappa shape index (κ2) is 7.82. The Morgan fingerprint density at radius 2 is 1.64 bits per heavy atom. The molecular weight excluding hydrogens is 370 g/mol. The van der Waals surface area contributed by atoms with Crippen molar-refractivity contribution in [2.75, 3.05) is 6.54 Å². The average molecular weight is 400 g/mol. The maximum absolute atomic E-state index is 12.5. The Morgan fingerprint density at radius 1 is 1.07 bits per heavy atom. The summed E-state index contributed by atoms with van der Waals surface area (Å²) in [6, 6.07) is 9.07. The molecule has 0 aliphatic heterocycles. The van der Waals surface area contributed by atoms with E-state index in [1.807, 2.05) is 6.07 Å². The van der Waals surface area contributed by atoms with Crippen LogP contribution in [0.15, 0.2) is 30.3 Å². The average Bonchev–Trinajstić information content (AvgIpc) is 2.66. The number of hydrogen-bond donors (Lipinski definition) is 3. The lowest BCUT2D eigenvalue weighted by Crippen LogP contribution is -2.57. The van der Waals surface area contributed by atoms with Crippen molar-refractivity contribution in [1.82, 2.24) is 16.0 Å². The van der Waals surface area contributed by atoms with E-state index in [4.69, 9.17) is 12.2 Å². The molecule has 0 heterocycles. The van der Waals surface area contributed by atoms with Crippen molar-refractivity contribution in [3.63, 3.8) is 0 Å². The highest BCUT2D eigenvalue weighted by molar-refractivity contribution is 7.80. The normalized spacial score (nSPS) is 31.1. The molecule has 4 fully saturated rings. The van der Waals surface area contributed by atoms with Crippen molar-refractivity contribution in [3.8, 4) is 0 Å². The van der Waals surface area contributed by atoms with E-state index >= 15 is 0 Å². The number of nitrogens with one attached hydrogen (secondary N) is 3. The second-order valence-corrected chi connectivity index (χ2v) is 9.48. The summed E-state index contributed by atoms with van der Waals surface area (Å²) in [5, 5.41) is 8.84. The molecule has 1 atom stereocenters. The molecule has 150 valence electrons. The standard InChI is InChI=1S/C22H29N3O2S/c1-14(22-10-15-7-16(11-22)9-17(8-15)12-22)24-19(26)13-23-21(28)25-20(27)18-5-3-2-4-6-18/h2-6,14-17H,7-13H2,1H3,(H,24,26)(H2,23,25,27,28)/t14-,15?,16?,17?,22?/m1/s1. The van der Waals surface area contributed by atoms with Crippen molar-refractivity contribution < 1.29 is 9.59 Å². The molecule has 4 saturated carbocycles. The summed E-state index contributed by atoms with van der Waals surface area (Å²) in [4.78, 5) is 24.6. The molecule has 4 aliphatic carbocycles. The zero-order chi connectivity index (χ0) is 19.7. The van der Waals surface area contributed by atoms with Crippen LogP contribution in [0.4, 0.5) is 0 Å². The Labute approximate surface area is 172 Å². The fourth-order valence-corrected chi connectivity index (χ4v) is 6.29. The Hall–Kier alpha value is -1.95. The van der Waals surface area contributed by atoms with Gasteiger partial charge in [0.05, 0.1) is 6.54 Å². The Balaban J connectivity index is 1.24. The zero-order valence-electron chi connectivity index (χ0n) is 16.4. The van der Waals surface area contributed by atoms with Gasteiger partial charge < -0.3 is 10.6 Å². The van der Waals surface area contributed by atoms with E-state index in [0.717, 1.165) is 17.8 Å². The Morgan fingerprint density at radius 3 is 2.21 bits per heavy atom. The maximum Gasteiger partial charge on any atom is 0.257 e. The molecule has 1 aromatic carbocycles. The van der Waals surface area contributed by atoms with E-state index in [0.29, 0.717) is 5.56 Å². The first-order chi connectivity index (χ1) is 13.4. The first kappa shape index (κ1) is 19.4. The molecular formula is C22H29N3O2S. The third-order valence-corrected chi connectivity index (χ3v) is 7.30. The first-order valence-corrected chi connectivity index (χ1v) is 10.8. The highest BCUT2D eigenvalue weighted by Gasteiger charge is 2.53. The smallest absolute Gasteiger partial charge is 0.257 e. The molecule has 0 unspecified atom stereocenters. The van der Waals surface area contributed by atoms with Gasteiger partial charge in [-0.15, -0.1) is 0 Å². The van der Waals surface area contributed by atoms with Gasteiger partial charge in [0.2, 0.25) is 5.91 Å². The van der Waals surface area contributed by atoms with Gasteiger partial charge in [-0.05, 0) is 93.0 Å². The summed E-state index contributed by atoms with van der Waals surface area (Å²) in [6.45, 7) is 2.24. The predicted octanol–water partition coefficient (Wildman–Crippen LogP) is 3.01. The lowest BCUT2D eigenvalue weighted by Gasteiger charge is -2.59. The number of hydrogen-bond acceptors (Lipinski definition) is 3. The molecule has 1 aromatic rings. The van der Waals surface area contributed by atoms with Crippen LogP contribution in [-0.4, -0.2) is 29.5 Å². The predicted molar refractivity (Wildman–Crippen MR) is 113 cm³/mol. The summed E-state index contributed by atoms with van der Waals surface area (Å²) in [5.74, 6) is 2.25. The van der Waals surface area contributed by atoms with Crippen molar-refractivity contribution >= 4 is 29.1 Å². The van der Waals surface area contributed by atoms with E-state index in [1.165, 1.54) is 38.5 Å². The van der Waals surface area contributed by atoms with Crippen LogP contribution in [0.1, 0.15) is 55.8 Å². The molecule has 0 radical (unpaired) electrons. The first-order valence-electron chi connectivity index (χ1n) is 10.4. The summed E-state index contributed by atoms with van der Waals surface area (Å²) in [6.07, 6.45) is 7.99. The van der Waals surface area contributed by atoms with E-state index in [-0.39, 0.29) is 34.9 Å². The van der Waals surface area contributed by atoms with Crippen molar-refractivity contribution in [3.05, 3.63) is 35.9 Å². The lowest BCUT2D eigenvalue weighted by molar-refractivity contribution is -0.124. The summed E-state index contributed by atoms with van der Waals surface area (Å²) in [5.41, 5.74) is 0.818. The molecule has 0 aromatic heterocycles. The number of carbonyl (C=O) groups is 2. The highest BCUT2D eigenvalue weighted by Crippen LogP contribution is 2.61. The molecule has 2 amide bonds. The van der Waals surface area contributed by atoms with Gasteiger partial charge in [0.25, 0.3) is 5.91 Å². The molecule has 4 aliphatic rings. The molecule has 3 N–H and O–H groups in total. The van der Waals surface area contributed by atoms with Crippen molar-refractivity contribution in [1.29, 1.82) is 0 Å². The van der Waals surface area contributed by atoms with Gasteiger partial charge in [0.15, 0.2) is 5.11 Å². The minimum absolute atomic E-state index is 0.0699. The fourth-order valence-electron chi connectivity index (χ4n) is 6.12. The number of carbonyl (C=O) groups excluding carboxylic acids is 2. The van der Waals surface area contributed by atoms with E-state index in [1.54, 1.807) is 24.3 Å². The van der Waals surface area contributed by atoms with Gasteiger partial charge >= 0.3 is 0 Å². The maximum atomic E-state index is 12.5. The van der Waals surface area contributed by atoms with Crippen LogP contribution in [0.2, 0.25) is 0 Å². The van der Waals surface area contributed by atoms with Gasteiger partial charge in [-0.2, -0.15) is 0 Å².